The molecule has 1 atom stereocenters. The van der Waals surface area contributed by atoms with E-state index in [2.05, 4.69) is 40.2 Å². The van der Waals surface area contributed by atoms with Crippen molar-refractivity contribution >= 4 is 5.97 Å². The molecular formula is C23H30N2O3. The van der Waals surface area contributed by atoms with Gasteiger partial charge in [-0.1, -0.05) is 36.4 Å². The molecule has 3 rings (SSSR count). The molecule has 28 heavy (non-hydrogen) atoms. The van der Waals surface area contributed by atoms with Crippen molar-refractivity contribution in [2.45, 2.75) is 51.4 Å². The molecule has 0 amide bonds. The van der Waals surface area contributed by atoms with Crippen LogP contribution in [0.5, 0.6) is 0 Å². The lowest BCUT2D eigenvalue weighted by Crippen LogP contribution is -2.40. The molecule has 1 fully saturated rings. The third kappa shape index (κ3) is 5.88. The lowest BCUT2D eigenvalue weighted by Gasteiger charge is -2.37. The zero-order valence-electron chi connectivity index (χ0n) is 17.0. The fourth-order valence-corrected chi connectivity index (χ4v) is 3.60. The van der Waals surface area contributed by atoms with Gasteiger partial charge in [-0.15, -0.1) is 0 Å². The highest BCUT2D eigenvalue weighted by atomic mass is 16.6. The van der Waals surface area contributed by atoms with Crippen LogP contribution in [-0.2, 0) is 14.3 Å². The molecule has 0 aliphatic carbocycles. The molecule has 0 N–H and O–H groups in total. The number of benzene rings is 1. The van der Waals surface area contributed by atoms with Crippen LogP contribution in [0.4, 0.5) is 0 Å². The van der Waals surface area contributed by atoms with Gasteiger partial charge in [-0.05, 0) is 51.3 Å². The summed E-state index contributed by atoms with van der Waals surface area (Å²) in [6, 6.07) is 16.7. The second-order valence-corrected chi connectivity index (χ2v) is 8.20. The van der Waals surface area contributed by atoms with E-state index in [4.69, 9.17) is 9.47 Å². The van der Waals surface area contributed by atoms with Gasteiger partial charge < -0.3 is 9.47 Å². The maximum atomic E-state index is 11.9. The first-order chi connectivity index (χ1) is 13.4. The summed E-state index contributed by atoms with van der Waals surface area (Å²) < 4.78 is 11.1. The number of aromatic nitrogens is 1. The normalized spacial score (nSPS) is 17.2. The van der Waals surface area contributed by atoms with E-state index in [0.29, 0.717) is 0 Å². The molecule has 2 heterocycles. The molecule has 1 unspecified atom stereocenters. The molecule has 5 heteroatoms. The second-order valence-electron chi connectivity index (χ2n) is 8.20. The van der Waals surface area contributed by atoms with E-state index in [9.17, 15) is 4.79 Å². The molecule has 1 aliphatic rings. The van der Waals surface area contributed by atoms with Gasteiger partial charge in [0, 0.05) is 19.3 Å². The molecule has 2 aromatic rings. The van der Waals surface area contributed by atoms with Crippen LogP contribution in [0.1, 0.15) is 50.9 Å². The Balaban J connectivity index is 1.59. The number of piperidine rings is 1. The monoisotopic (exact) mass is 382 g/mol. The lowest BCUT2D eigenvalue weighted by molar-refractivity contribution is -0.163. The maximum Gasteiger partial charge on any atom is 0.332 e. The minimum atomic E-state index is -0.477. The van der Waals surface area contributed by atoms with Crippen LogP contribution >= 0.6 is 0 Å². The second kappa shape index (κ2) is 9.30. The van der Waals surface area contributed by atoms with Crippen molar-refractivity contribution in [3.05, 3.63) is 66.0 Å². The van der Waals surface area contributed by atoms with Gasteiger partial charge in [0.15, 0.2) is 0 Å². The maximum absolute atomic E-state index is 11.9. The van der Waals surface area contributed by atoms with Crippen LogP contribution in [0.25, 0.3) is 0 Å². The van der Waals surface area contributed by atoms with Gasteiger partial charge >= 0.3 is 5.97 Å². The van der Waals surface area contributed by atoms with Crippen molar-refractivity contribution in [2.24, 2.45) is 0 Å². The molecular weight excluding hydrogens is 352 g/mol. The van der Waals surface area contributed by atoms with Crippen LogP contribution in [0, 0.1) is 0 Å². The Morgan fingerprint density at radius 3 is 2.39 bits per heavy atom. The summed E-state index contributed by atoms with van der Waals surface area (Å²) in [7, 11) is 0. The van der Waals surface area contributed by atoms with Gasteiger partial charge in [-0.2, -0.15) is 0 Å². The Kier molecular flexibility index (Phi) is 6.81. The molecule has 1 aromatic heterocycles. The zero-order valence-corrected chi connectivity index (χ0v) is 17.0. The number of carbonyl (C=O) groups is 1. The summed E-state index contributed by atoms with van der Waals surface area (Å²) in [4.78, 5) is 18.9. The summed E-state index contributed by atoms with van der Waals surface area (Å²) in [5.41, 5.74) is 1.83. The zero-order chi connectivity index (χ0) is 20.0. The van der Waals surface area contributed by atoms with E-state index in [-0.39, 0.29) is 24.7 Å². The topological polar surface area (TPSA) is 51.7 Å². The highest BCUT2D eigenvalue weighted by Crippen LogP contribution is 2.30. The fraction of sp³-hybridized carbons (Fsp3) is 0.478. The number of likely N-dealkylation sites (tertiary alicyclic amines) is 1. The van der Waals surface area contributed by atoms with Crippen molar-refractivity contribution in [1.82, 2.24) is 9.88 Å². The first-order valence-corrected chi connectivity index (χ1v) is 9.96. The predicted octanol–water partition coefficient (Wildman–Crippen LogP) is 3.99. The fourth-order valence-electron chi connectivity index (χ4n) is 3.60. The average molecular weight is 383 g/mol. The van der Waals surface area contributed by atoms with Gasteiger partial charge in [0.1, 0.15) is 12.2 Å². The van der Waals surface area contributed by atoms with Crippen LogP contribution in [-0.4, -0.2) is 47.3 Å². The smallest absolute Gasteiger partial charge is 0.332 e. The first kappa shape index (κ1) is 20.5. The van der Waals surface area contributed by atoms with E-state index in [1.807, 2.05) is 45.2 Å². The molecule has 5 nitrogen and oxygen atoms in total. The third-order valence-corrected chi connectivity index (χ3v) is 4.78. The summed E-state index contributed by atoms with van der Waals surface area (Å²) in [5.74, 6) is -0.300. The highest BCUT2D eigenvalue weighted by molar-refractivity contribution is 5.71. The largest absolute Gasteiger partial charge is 0.458 e. The van der Waals surface area contributed by atoms with E-state index in [0.717, 1.165) is 31.6 Å². The van der Waals surface area contributed by atoms with Gasteiger partial charge in [0.2, 0.25) is 0 Å². The van der Waals surface area contributed by atoms with E-state index in [1.54, 1.807) is 0 Å². The number of ether oxygens (including phenoxy) is 2. The molecule has 150 valence electrons. The summed E-state index contributed by atoms with van der Waals surface area (Å²) >= 11 is 0. The first-order valence-electron chi connectivity index (χ1n) is 9.96. The Labute approximate surface area is 167 Å². The molecule has 0 bridgehead atoms. The molecule has 1 saturated heterocycles. The third-order valence-electron chi connectivity index (χ3n) is 4.78. The van der Waals surface area contributed by atoms with Crippen molar-refractivity contribution < 1.29 is 14.3 Å². The SMILES string of the molecule is CC(C)(C)OC(=O)COC1CCN(C(c2ccccc2)c2ccccn2)CC1. The van der Waals surface area contributed by atoms with Gasteiger partial charge in [0.25, 0.3) is 0 Å². The van der Waals surface area contributed by atoms with Gasteiger partial charge in [-0.25, -0.2) is 4.79 Å². The van der Waals surface area contributed by atoms with Crippen molar-refractivity contribution in [3.63, 3.8) is 0 Å². The minimum Gasteiger partial charge on any atom is -0.458 e. The van der Waals surface area contributed by atoms with Crippen LogP contribution in [0.2, 0.25) is 0 Å². The number of rotatable bonds is 6. The van der Waals surface area contributed by atoms with E-state index >= 15 is 0 Å². The predicted molar refractivity (Wildman–Crippen MR) is 109 cm³/mol. The standard InChI is InChI=1S/C23H30N2O3/c1-23(2,3)28-21(26)17-27-19-12-15-25(16-13-19)22(18-9-5-4-6-10-18)20-11-7-8-14-24-20/h4-11,14,19,22H,12-13,15-17H2,1-3H3. The number of esters is 1. The molecule has 0 spiro atoms. The lowest BCUT2D eigenvalue weighted by atomic mass is 9.97. The Bertz CT molecular complexity index is 696. The number of carbonyl (C=O) groups excluding carboxylic acids is 1. The molecule has 1 aromatic carbocycles. The summed E-state index contributed by atoms with van der Waals surface area (Å²) in [6.45, 7) is 7.41. The van der Waals surface area contributed by atoms with Crippen LogP contribution < -0.4 is 0 Å². The van der Waals surface area contributed by atoms with Crippen molar-refractivity contribution in [2.75, 3.05) is 19.7 Å². The molecule has 0 radical (unpaired) electrons. The molecule has 0 saturated carbocycles. The van der Waals surface area contributed by atoms with E-state index < -0.39 is 5.60 Å². The number of hydrogen-bond donors (Lipinski definition) is 0. The number of hydrogen-bond acceptors (Lipinski definition) is 5. The Morgan fingerprint density at radius 1 is 1.11 bits per heavy atom. The molecule has 1 aliphatic heterocycles. The van der Waals surface area contributed by atoms with Crippen LogP contribution in [0.15, 0.2) is 54.7 Å². The van der Waals surface area contributed by atoms with E-state index in [1.165, 1.54) is 5.56 Å². The van der Waals surface area contributed by atoms with Gasteiger partial charge in [-0.3, -0.25) is 9.88 Å². The average Bonchev–Trinajstić information content (AvgIpc) is 2.68. The Hall–Kier alpha value is -2.24. The van der Waals surface area contributed by atoms with Gasteiger partial charge in [0.05, 0.1) is 17.8 Å². The van der Waals surface area contributed by atoms with Crippen molar-refractivity contribution in [1.29, 1.82) is 0 Å². The quantitative estimate of drug-likeness (QED) is 0.707. The van der Waals surface area contributed by atoms with Crippen LogP contribution in [0.3, 0.4) is 0 Å². The summed E-state index contributed by atoms with van der Waals surface area (Å²) in [5, 5.41) is 0. The summed E-state index contributed by atoms with van der Waals surface area (Å²) in [6.07, 6.45) is 3.71. The highest BCUT2D eigenvalue weighted by Gasteiger charge is 2.29. The number of nitrogens with zero attached hydrogens (tertiary/aromatic N) is 2. The number of pyridine rings is 1. The minimum absolute atomic E-state index is 0.0181. The Morgan fingerprint density at radius 2 is 1.79 bits per heavy atom. The van der Waals surface area contributed by atoms with Crippen molar-refractivity contribution in [3.8, 4) is 0 Å².